The second-order valence-corrected chi connectivity index (χ2v) is 5.12. The lowest BCUT2D eigenvalue weighted by Gasteiger charge is -2.26. The van der Waals surface area contributed by atoms with E-state index in [1.807, 2.05) is 12.1 Å². The molecule has 2 rings (SSSR count). The number of benzene rings is 1. The molecule has 0 saturated carbocycles. The van der Waals surface area contributed by atoms with Crippen molar-refractivity contribution in [3.63, 3.8) is 0 Å². The molecule has 1 fully saturated rings. The average Bonchev–Trinajstić information content (AvgIpc) is 2.46. The van der Waals surface area contributed by atoms with E-state index in [1.165, 1.54) is 38.0 Å². The molecule has 100 valence electrons. The highest BCUT2D eigenvalue weighted by atomic mass is 16.5. The topological polar surface area (TPSA) is 24.5 Å². The zero-order valence-electron chi connectivity index (χ0n) is 11.5. The van der Waals surface area contributed by atoms with Gasteiger partial charge in [-0.25, -0.2) is 0 Å². The van der Waals surface area contributed by atoms with E-state index in [1.54, 1.807) is 7.11 Å². The van der Waals surface area contributed by atoms with Crippen molar-refractivity contribution >= 4 is 5.69 Å². The van der Waals surface area contributed by atoms with Gasteiger partial charge in [0, 0.05) is 19.3 Å². The van der Waals surface area contributed by atoms with E-state index >= 15 is 0 Å². The number of piperidine rings is 1. The van der Waals surface area contributed by atoms with E-state index < -0.39 is 0 Å². The minimum absolute atomic E-state index is 0.847. The van der Waals surface area contributed by atoms with Crippen molar-refractivity contribution in [3.8, 4) is 5.75 Å². The van der Waals surface area contributed by atoms with Crippen LogP contribution in [-0.4, -0.2) is 33.8 Å². The molecule has 1 aliphatic heterocycles. The van der Waals surface area contributed by atoms with Crippen LogP contribution in [0, 0.1) is 5.92 Å². The summed E-state index contributed by atoms with van der Waals surface area (Å²) < 4.78 is 5.18. The normalized spacial score (nSPS) is 19.6. The van der Waals surface area contributed by atoms with Gasteiger partial charge in [-0.3, -0.25) is 0 Å². The van der Waals surface area contributed by atoms with E-state index in [-0.39, 0.29) is 0 Å². The Morgan fingerprint density at radius 1 is 1.33 bits per heavy atom. The quantitative estimate of drug-likeness (QED) is 0.866. The molecule has 1 aromatic rings. The average molecular weight is 248 g/mol. The van der Waals surface area contributed by atoms with Gasteiger partial charge in [0.25, 0.3) is 0 Å². The van der Waals surface area contributed by atoms with Crippen LogP contribution in [0.2, 0.25) is 0 Å². The van der Waals surface area contributed by atoms with Gasteiger partial charge in [0.1, 0.15) is 5.75 Å². The van der Waals surface area contributed by atoms with Crippen molar-refractivity contribution in [2.75, 3.05) is 38.7 Å². The second kappa shape index (κ2) is 6.64. The molecule has 0 aliphatic carbocycles. The first kappa shape index (κ1) is 13.2. The molecular formula is C15H24N2O. The van der Waals surface area contributed by atoms with Crippen molar-refractivity contribution in [1.82, 2.24) is 5.32 Å². The van der Waals surface area contributed by atoms with E-state index in [0.717, 1.165) is 18.2 Å². The molecule has 1 heterocycles. The molecule has 1 N–H and O–H groups in total. The number of methoxy groups -OCH3 is 1. The van der Waals surface area contributed by atoms with Crippen LogP contribution in [0.1, 0.15) is 19.3 Å². The van der Waals surface area contributed by atoms with Gasteiger partial charge in [0.05, 0.1) is 7.11 Å². The molecular weight excluding hydrogens is 224 g/mol. The van der Waals surface area contributed by atoms with Gasteiger partial charge in [0.2, 0.25) is 0 Å². The van der Waals surface area contributed by atoms with Crippen molar-refractivity contribution in [2.45, 2.75) is 19.3 Å². The van der Waals surface area contributed by atoms with Crippen LogP contribution in [-0.2, 0) is 0 Å². The van der Waals surface area contributed by atoms with Crippen molar-refractivity contribution in [3.05, 3.63) is 24.3 Å². The molecule has 0 bridgehead atoms. The molecule has 1 saturated heterocycles. The number of anilines is 1. The third kappa shape index (κ3) is 3.64. The summed E-state index contributed by atoms with van der Waals surface area (Å²) in [5.74, 6) is 1.77. The molecule has 1 aliphatic rings. The highest BCUT2D eigenvalue weighted by Gasteiger charge is 2.13. The predicted molar refractivity (Wildman–Crippen MR) is 76.5 cm³/mol. The maximum Gasteiger partial charge on any atom is 0.119 e. The van der Waals surface area contributed by atoms with E-state index in [0.29, 0.717) is 0 Å². The standard InChI is InChI=1S/C15H24N2O/c1-17(11-9-13-4-3-10-16-12-13)14-5-7-15(18-2)8-6-14/h5-8,13,16H,3-4,9-12H2,1-2H3. The number of rotatable bonds is 5. The molecule has 1 atom stereocenters. The number of nitrogens with zero attached hydrogens (tertiary/aromatic N) is 1. The van der Waals surface area contributed by atoms with Crippen LogP contribution in [0.15, 0.2) is 24.3 Å². The lowest BCUT2D eigenvalue weighted by atomic mass is 9.96. The van der Waals surface area contributed by atoms with Crippen LogP contribution in [0.4, 0.5) is 5.69 Å². The Labute approximate surface area is 110 Å². The van der Waals surface area contributed by atoms with Gasteiger partial charge in [-0.05, 0) is 62.5 Å². The smallest absolute Gasteiger partial charge is 0.119 e. The summed E-state index contributed by atoms with van der Waals surface area (Å²) in [6, 6.07) is 8.29. The van der Waals surface area contributed by atoms with Gasteiger partial charge in [-0.2, -0.15) is 0 Å². The first-order valence-corrected chi connectivity index (χ1v) is 6.85. The monoisotopic (exact) mass is 248 g/mol. The molecule has 0 spiro atoms. The first-order valence-electron chi connectivity index (χ1n) is 6.85. The number of hydrogen-bond donors (Lipinski definition) is 1. The van der Waals surface area contributed by atoms with Crippen molar-refractivity contribution in [2.24, 2.45) is 5.92 Å². The summed E-state index contributed by atoms with van der Waals surface area (Å²) in [7, 11) is 3.87. The fourth-order valence-corrected chi connectivity index (χ4v) is 2.51. The van der Waals surface area contributed by atoms with E-state index in [9.17, 15) is 0 Å². The highest BCUT2D eigenvalue weighted by molar-refractivity contribution is 5.48. The largest absolute Gasteiger partial charge is 0.497 e. The molecule has 1 aromatic carbocycles. The Morgan fingerprint density at radius 2 is 2.11 bits per heavy atom. The minimum Gasteiger partial charge on any atom is -0.497 e. The van der Waals surface area contributed by atoms with Crippen LogP contribution >= 0.6 is 0 Å². The summed E-state index contributed by atoms with van der Waals surface area (Å²) in [4.78, 5) is 2.33. The Kier molecular flexibility index (Phi) is 4.88. The summed E-state index contributed by atoms with van der Waals surface area (Å²) in [6.45, 7) is 3.51. The third-order valence-corrected chi connectivity index (χ3v) is 3.78. The lowest BCUT2D eigenvalue weighted by molar-refractivity contribution is 0.360. The van der Waals surface area contributed by atoms with Crippen molar-refractivity contribution in [1.29, 1.82) is 0 Å². The van der Waals surface area contributed by atoms with Gasteiger partial charge in [0.15, 0.2) is 0 Å². The maximum absolute atomic E-state index is 5.18. The molecule has 1 unspecified atom stereocenters. The van der Waals surface area contributed by atoms with Crippen LogP contribution < -0.4 is 15.0 Å². The Bertz CT molecular complexity index is 344. The molecule has 0 aromatic heterocycles. The molecule has 0 amide bonds. The number of nitrogens with one attached hydrogen (secondary N) is 1. The summed E-state index contributed by atoms with van der Waals surface area (Å²) in [6.07, 6.45) is 3.98. The first-order chi connectivity index (χ1) is 8.79. The van der Waals surface area contributed by atoms with Crippen LogP contribution in [0.5, 0.6) is 5.75 Å². The SMILES string of the molecule is COc1ccc(N(C)CCC2CCCNC2)cc1. The predicted octanol–water partition coefficient (Wildman–Crippen LogP) is 2.52. The second-order valence-electron chi connectivity index (χ2n) is 5.12. The van der Waals surface area contributed by atoms with E-state index in [4.69, 9.17) is 4.74 Å². The summed E-state index contributed by atoms with van der Waals surface area (Å²) >= 11 is 0. The van der Waals surface area contributed by atoms with Crippen LogP contribution in [0.25, 0.3) is 0 Å². The van der Waals surface area contributed by atoms with Gasteiger partial charge >= 0.3 is 0 Å². The van der Waals surface area contributed by atoms with Gasteiger partial charge in [-0.1, -0.05) is 0 Å². The Hall–Kier alpha value is -1.22. The van der Waals surface area contributed by atoms with E-state index in [2.05, 4.69) is 29.4 Å². The van der Waals surface area contributed by atoms with Gasteiger partial charge in [-0.15, -0.1) is 0 Å². The Balaban J connectivity index is 1.80. The number of hydrogen-bond acceptors (Lipinski definition) is 3. The fraction of sp³-hybridized carbons (Fsp3) is 0.600. The minimum atomic E-state index is 0.847. The zero-order chi connectivity index (χ0) is 12.8. The van der Waals surface area contributed by atoms with Crippen LogP contribution in [0.3, 0.4) is 0 Å². The highest BCUT2D eigenvalue weighted by Crippen LogP contribution is 2.20. The molecule has 3 nitrogen and oxygen atoms in total. The third-order valence-electron chi connectivity index (χ3n) is 3.78. The zero-order valence-corrected chi connectivity index (χ0v) is 11.5. The Morgan fingerprint density at radius 3 is 2.72 bits per heavy atom. The lowest BCUT2D eigenvalue weighted by Crippen LogP contribution is -2.32. The van der Waals surface area contributed by atoms with Crippen molar-refractivity contribution < 1.29 is 4.74 Å². The molecule has 3 heteroatoms. The summed E-state index contributed by atoms with van der Waals surface area (Å²) in [5.41, 5.74) is 1.26. The fourth-order valence-electron chi connectivity index (χ4n) is 2.51. The molecule has 0 radical (unpaired) electrons. The maximum atomic E-state index is 5.18. The summed E-state index contributed by atoms with van der Waals surface area (Å²) in [5, 5.41) is 3.48. The molecule has 18 heavy (non-hydrogen) atoms. The number of ether oxygens (including phenoxy) is 1. The van der Waals surface area contributed by atoms with Gasteiger partial charge < -0.3 is 15.0 Å².